The fraction of sp³-hybridized carbons (Fsp3) is 1.00. The lowest BCUT2D eigenvalue weighted by atomic mass is 9.43. The van der Waals surface area contributed by atoms with E-state index in [0.717, 1.165) is 51.4 Å². The molecule has 4 N–H and O–H groups in total. The highest BCUT2D eigenvalue weighted by Gasteiger charge is 2.68. The number of ether oxygens (including phenoxy) is 2. The molecule has 0 bridgehead atoms. The van der Waals surface area contributed by atoms with Crippen LogP contribution in [0.1, 0.15) is 78.6 Å². The molecular formula is C26H43NO8. The summed E-state index contributed by atoms with van der Waals surface area (Å²) in [6, 6.07) is 0. The smallest absolute Gasteiger partial charge is 0.207 e. The van der Waals surface area contributed by atoms with Gasteiger partial charge in [0.05, 0.1) is 17.8 Å². The zero-order valence-corrected chi connectivity index (χ0v) is 21.2. The largest absolute Gasteiger partial charge is 0.389 e. The molecule has 0 spiro atoms. The molecule has 0 radical (unpaired) electrons. The van der Waals surface area contributed by atoms with Gasteiger partial charge in [0.2, 0.25) is 6.54 Å². The first-order chi connectivity index (χ1) is 16.4. The predicted octanol–water partition coefficient (Wildman–Crippen LogP) is 2.25. The molecule has 5 fully saturated rings. The van der Waals surface area contributed by atoms with Gasteiger partial charge in [-0.3, -0.25) is 10.1 Å². The van der Waals surface area contributed by atoms with Crippen molar-refractivity contribution in [2.75, 3.05) is 6.54 Å². The van der Waals surface area contributed by atoms with Crippen molar-refractivity contribution in [1.29, 1.82) is 0 Å². The second-order valence-electron chi connectivity index (χ2n) is 12.8. The molecule has 1 aliphatic heterocycles. The van der Waals surface area contributed by atoms with Gasteiger partial charge < -0.3 is 29.9 Å². The number of fused-ring (bicyclic) bond motifs is 5. The van der Waals surface area contributed by atoms with E-state index in [1.807, 2.05) is 0 Å². The second kappa shape index (κ2) is 8.88. The molecule has 13 atom stereocenters. The van der Waals surface area contributed by atoms with Gasteiger partial charge in [-0.2, -0.15) is 0 Å². The molecule has 0 aromatic rings. The van der Waals surface area contributed by atoms with Crippen LogP contribution in [0.2, 0.25) is 0 Å². The van der Waals surface area contributed by atoms with Gasteiger partial charge in [-0.1, -0.05) is 13.8 Å². The van der Waals surface area contributed by atoms with Crippen molar-refractivity contribution in [1.82, 2.24) is 0 Å². The van der Waals surface area contributed by atoms with Crippen LogP contribution in [0, 0.1) is 44.6 Å². The van der Waals surface area contributed by atoms with E-state index in [-0.39, 0.29) is 40.2 Å². The number of nitrogens with zero attached hydrogens (tertiary/aromatic N) is 1. The fourth-order valence-electron chi connectivity index (χ4n) is 9.21. The Kier molecular flexibility index (Phi) is 6.54. The van der Waals surface area contributed by atoms with Crippen molar-refractivity contribution < 1.29 is 34.8 Å². The number of hydrogen-bond donors (Lipinski definition) is 4. The first kappa shape index (κ1) is 25.8. The van der Waals surface area contributed by atoms with Crippen molar-refractivity contribution in [2.45, 2.75) is 121 Å². The maximum atomic E-state index is 12.1. The zero-order chi connectivity index (χ0) is 25.3. The van der Waals surface area contributed by atoms with E-state index in [0.29, 0.717) is 18.3 Å². The van der Waals surface area contributed by atoms with E-state index in [4.69, 9.17) is 9.47 Å². The van der Waals surface area contributed by atoms with Gasteiger partial charge in [0, 0.05) is 16.3 Å². The SMILES string of the molecule is C[C@H]1O[C@@H](O[C@H]2CC[C@@]3(C)[C@H](CC[C@@H]4[C@@H]3CC[C@]3(C)[C@@H](C[N+](=O)[O-])CC[C@]43O)C2)[C@H](O)[C@H](O)[C@H]1O. The van der Waals surface area contributed by atoms with E-state index in [9.17, 15) is 30.5 Å². The molecule has 5 rings (SSSR count). The Balaban J connectivity index is 1.28. The fourth-order valence-corrected chi connectivity index (χ4v) is 9.21. The molecule has 1 saturated heterocycles. The normalized spacial score (nSPS) is 56.1. The average Bonchev–Trinajstić information content (AvgIpc) is 3.06. The number of nitro groups is 1. The van der Waals surface area contributed by atoms with Crippen molar-refractivity contribution in [3.8, 4) is 0 Å². The van der Waals surface area contributed by atoms with E-state index < -0.39 is 36.3 Å². The highest BCUT2D eigenvalue weighted by Crippen LogP contribution is 2.69. The lowest BCUT2D eigenvalue weighted by molar-refractivity contribution is -0.492. The molecule has 0 amide bonds. The molecule has 200 valence electrons. The lowest BCUT2D eigenvalue weighted by Crippen LogP contribution is -2.63. The molecule has 9 heteroatoms. The van der Waals surface area contributed by atoms with Gasteiger partial charge in [-0.05, 0) is 87.9 Å². The van der Waals surface area contributed by atoms with Crippen molar-refractivity contribution >= 4 is 0 Å². The van der Waals surface area contributed by atoms with Crippen molar-refractivity contribution in [3.63, 3.8) is 0 Å². The third-order valence-corrected chi connectivity index (χ3v) is 11.5. The van der Waals surface area contributed by atoms with Crippen LogP contribution in [-0.2, 0) is 9.47 Å². The van der Waals surface area contributed by atoms with Gasteiger partial charge in [0.1, 0.15) is 18.3 Å². The quantitative estimate of drug-likeness (QED) is 0.263. The van der Waals surface area contributed by atoms with E-state index in [2.05, 4.69) is 13.8 Å². The Morgan fingerprint density at radius 1 is 0.971 bits per heavy atom. The third kappa shape index (κ3) is 3.87. The Hall–Kier alpha value is -0.840. The number of aliphatic hydroxyl groups excluding tert-OH is 3. The minimum atomic E-state index is -1.30. The monoisotopic (exact) mass is 497 g/mol. The summed E-state index contributed by atoms with van der Waals surface area (Å²) in [6.45, 7) is 6.09. The second-order valence-corrected chi connectivity index (χ2v) is 12.8. The van der Waals surface area contributed by atoms with Crippen LogP contribution in [0.3, 0.4) is 0 Å². The molecule has 4 saturated carbocycles. The average molecular weight is 498 g/mol. The van der Waals surface area contributed by atoms with Crippen LogP contribution < -0.4 is 0 Å². The summed E-state index contributed by atoms with van der Waals surface area (Å²) in [5.74, 6) is 0.942. The minimum absolute atomic E-state index is 0.0471. The molecule has 0 aromatic heterocycles. The summed E-state index contributed by atoms with van der Waals surface area (Å²) in [6.07, 6.45) is 2.38. The van der Waals surface area contributed by atoms with Crippen molar-refractivity contribution in [3.05, 3.63) is 10.1 Å². The van der Waals surface area contributed by atoms with Crippen LogP contribution in [0.4, 0.5) is 0 Å². The lowest BCUT2D eigenvalue weighted by Gasteiger charge is -2.63. The molecule has 9 nitrogen and oxygen atoms in total. The Labute approximate surface area is 207 Å². The highest BCUT2D eigenvalue weighted by atomic mass is 16.7. The minimum Gasteiger partial charge on any atom is -0.389 e. The van der Waals surface area contributed by atoms with Gasteiger partial charge >= 0.3 is 0 Å². The van der Waals surface area contributed by atoms with Gasteiger partial charge in [0.25, 0.3) is 0 Å². The summed E-state index contributed by atoms with van der Waals surface area (Å²) in [5, 5.41) is 53.9. The maximum Gasteiger partial charge on any atom is 0.207 e. The Morgan fingerprint density at radius 2 is 1.71 bits per heavy atom. The first-order valence-corrected chi connectivity index (χ1v) is 13.6. The summed E-state index contributed by atoms with van der Waals surface area (Å²) in [7, 11) is 0. The maximum absolute atomic E-state index is 12.1. The summed E-state index contributed by atoms with van der Waals surface area (Å²) >= 11 is 0. The number of rotatable bonds is 4. The van der Waals surface area contributed by atoms with Gasteiger partial charge in [0.15, 0.2) is 6.29 Å². The molecular weight excluding hydrogens is 454 g/mol. The predicted molar refractivity (Wildman–Crippen MR) is 126 cm³/mol. The number of hydrogen-bond acceptors (Lipinski definition) is 8. The molecule has 0 aromatic carbocycles. The Morgan fingerprint density at radius 3 is 2.43 bits per heavy atom. The summed E-state index contributed by atoms with van der Waals surface area (Å²) in [4.78, 5) is 11.1. The first-order valence-electron chi connectivity index (χ1n) is 13.6. The van der Waals surface area contributed by atoms with Crippen LogP contribution in [0.15, 0.2) is 0 Å². The molecule has 4 aliphatic carbocycles. The van der Waals surface area contributed by atoms with Crippen LogP contribution in [0.5, 0.6) is 0 Å². The van der Waals surface area contributed by atoms with Gasteiger partial charge in [-0.25, -0.2) is 0 Å². The summed E-state index contributed by atoms with van der Waals surface area (Å²) in [5.41, 5.74) is -1.14. The Bertz CT molecular complexity index is 827. The van der Waals surface area contributed by atoms with Crippen LogP contribution >= 0.6 is 0 Å². The molecule has 5 aliphatic rings. The highest BCUT2D eigenvalue weighted by molar-refractivity contribution is 5.16. The van der Waals surface area contributed by atoms with Gasteiger partial charge in [-0.15, -0.1) is 0 Å². The topological polar surface area (TPSA) is 143 Å². The summed E-state index contributed by atoms with van der Waals surface area (Å²) < 4.78 is 11.8. The standard InChI is InChI=1S/C26H43NO8/c1-14-20(28)21(29)22(30)23(34-14)35-17-7-9-24(2)15(12-17)4-5-19-18(24)8-10-25(3)16(13-27(32)33)6-11-26(19,25)31/h14-23,28-31H,4-13H2,1-3H3/t14-,15-,16-,17+,18+,19-,20+,21-,22-,23+,24+,25-,26+/m1/s1. The molecule has 1 heterocycles. The third-order valence-electron chi connectivity index (χ3n) is 11.5. The van der Waals surface area contributed by atoms with E-state index in [1.165, 1.54) is 0 Å². The molecule has 35 heavy (non-hydrogen) atoms. The van der Waals surface area contributed by atoms with Crippen LogP contribution in [-0.4, -0.2) is 74.3 Å². The zero-order valence-electron chi connectivity index (χ0n) is 21.2. The number of aliphatic hydroxyl groups is 4. The van der Waals surface area contributed by atoms with Crippen molar-refractivity contribution in [2.24, 2.45) is 34.5 Å². The van der Waals surface area contributed by atoms with E-state index >= 15 is 0 Å². The van der Waals surface area contributed by atoms with Crippen LogP contribution in [0.25, 0.3) is 0 Å². The molecule has 0 unspecified atom stereocenters. The van der Waals surface area contributed by atoms with E-state index in [1.54, 1.807) is 6.92 Å².